The summed E-state index contributed by atoms with van der Waals surface area (Å²) in [5.74, 6) is 2.09. The Morgan fingerprint density at radius 2 is 1.93 bits per heavy atom. The lowest BCUT2D eigenvalue weighted by molar-refractivity contribution is -0.112. The minimum atomic E-state index is -0.225. The topological polar surface area (TPSA) is 67.4 Å². The average Bonchev–Trinajstić information content (AvgIpc) is 2.66. The zero-order valence-corrected chi connectivity index (χ0v) is 17.0. The molecule has 2 N–H and O–H groups in total. The van der Waals surface area contributed by atoms with Crippen LogP contribution in [0.2, 0.25) is 0 Å². The summed E-state index contributed by atoms with van der Waals surface area (Å²) in [6.07, 6.45) is 3.36. The molecule has 1 aliphatic heterocycles. The average molecular weight is 389 g/mol. The van der Waals surface area contributed by atoms with E-state index in [9.17, 15) is 9.59 Å². The number of ether oxygens (including phenoxy) is 1. The zero-order valence-electron chi connectivity index (χ0n) is 16.2. The molecule has 0 spiro atoms. The Balaban J connectivity index is 1.73. The molecule has 0 aromatic heterocycles. The summed E-state index contributed by atoms with van der Waals surface area (Å²) in [4.78, 5) is 26.1. The van der Waals surface area contributed by atoms with Gasteiger partial charge in [-0.15, -0.1) is 11.8 Å². The molecule has 2 amide bonds. The molecule has 0 radical (unpaired) electrons. The molecular weight excluding hydrogens is 360 g/mol. The van der Waals surface area contributed by atoms with Crippen LogP contribution in [0.3, 0.4) is 0 Å². The van der Waals surface area contributed by atoms with Crippen LogP contribution in [0.5, 0.6) is 0 Å². The first-order valence-electron chi connectivity index (χ1n) is 9.65. The first kappa shape index (κ1) is 19.8. The number of amides is 2. The van der Waals surface area contributed by atoms with Gasteiger partial charge in [-0.2, -0.15) is 0 Å². The van der Waals surface area contributed by atoms with Crippen molar-refractivity contribution < 1.29 is 14.3 Å². The summed E-state index contributed by atoms with van der Waals surface area (Å²) in [5, 5.41) is 6.08. The summed E-state index contributed by atoms with van der Waals surface area (Å²) in [6, 6.07) is 7.35. The van der Waals surface area contributed by atoms with E-state index in [-0.39, 0.29) is 17.9 Å². The number of carbonyl (C=O) groups is 2. The van der Waals surface area contributed by atoms with Crippen LogP contribution in [0.1, 0.15) is 50.4 Å². The second-order valence-corrected chi connectivity index (χ2v) is 8.53. The van der Waals surface area contributed by atoms with E-state index < -0.39 is 0 Å². The number of anilines is 1. The zero-order chi connectivity index (χ0) is 19.4. The molecule has 6 heteroatoms. The van der Waals surface area contributed by atoms with Crippen molar-refractivity contribution in [2.24, 2.45) is 11.8 Å². The predicted octanol–water partition coefficient (Wildman–Crippen LogP) is 4.17. The lowest BCUT2D eigenvalue weighted by atomic mass is 9.78. The molecule has 1 fully saturated rings. The summed E-state index contributed by atoms with van der Waals surface area (Å²) >= 11 is 1.48. The summed E-state index contributed by atoms with van der Waals surface area (Å²) in [5.41, 5.74) is 1.03. The van der Waals surface area contributed by atoms with Gasteiger partial charge in [-0.25, -0.2) is 0 Å². The summed E-state index contributed by atoms with van der Waals surface area (Å²) < 4.78 is 5.47. The van der Waals surface area contributed by atoms with Gasteiger partial charge in [0.1, 0.15) is 10.7 Å². The smallest absolute Gasteiger partial charge is 0.265 e. The number of para-hydroxylation sites is 1. The number of benzene rings is 1. The third-order valence-electron chi connectivity index (χ3n) is 5.62. The number of rotatable bonds is 4. The van der Waals surface area contributed by atoms with E-state index in [0.717, 1.165) is 18.6 Å². The Morgan fingerprint density at radius 1 is 1.15 bits per heavy atom. The molecule has 27 heavy (non-hydrogen) atoms. The summed E-state index contributed by atoms with van der Waals surface area (Å²) in [6.45, 7) is 6.87. The van der Waals surface area contributed by atoms with Gasteiger partial charge in [0.15, 0.2) is 0 Å². The molecule has 146 valence electrons. The molecule has 1 aliphatic carbocycles. The molecule has 1 heterocycles. The van der Waals surface area contributed by atoms with Gasteiger partial charge in [0, 0.05) is 11.8 Å². The van der Waals surface area contributed by atoms with Gasteiger partial charge >= 0.3 is 0 Å². The van der Waals surface area contributed by atoms with E-state index in [1.807, 2.05) is 12.1 Å². The second kappa shape index (κ2) is 8.83. The van der Waals surface area contributed by atoms with Gasteiger partial charge < -0.3 is 15.4 Å². The van der Waals surface area contributed by atoms with Crippen LogP contribution in [0.4, 0.5) is 5.69 Å². The molecule has 1 saturated carbocycles. The Labute approximate surface area is 165 Å². The summed E-state index contributed by atoms with van der Waals surface area (Å²) in [7, 11) is 0. The van der Waals surface area contributed by atoms with Crippen molar-refractivity contribution in [3.05, 3.63) is 40.5 Å². The fraction of sp³-hybridized carbons (Fsp3) is 0.524. The lowest BCUT2D eigenvalue weighted by Crippen LogP contribution is -2.43. The fourth-order valence-electron chi connectivity index (χ4n) is 3.73. The van der Waals surface area contributed by atoms with Gasteiger partial charge in [0.25, 0.3) is 11.8 Å². The Morgan fingerprint density at radius 3 is 2.70 bits per heavy atom. The Kier molecular flexibility index (Phi) is 6.47. The molecule has 3 rings (SSSR count). The van der Waals surface area contributed by atoms with Crippen LogP contribution in [-0.4, -0.2) is 30.2 Å². The Hall–Kier alpha value is -1.95. The van der Waals surface area contributed by atoms with Crippen LogP contribution in [-0.2, 0) is 9.53 Å². The molecule has 1 aromatic rings. The highest BCUT2D eigenvalue weighted by molar-refractivity contribution is 8.04. The van der Waals surface area contributed by atoms with Crippen molar-refractivity contribution in [1.82, 2.24) is 5.32 Å². The number of thioether (sulfide) groups is 1. The van der Waals surface area contributed by atoms with Gasteiger partial charge in [0.2, 0.25) is 0 Å². The van der Waals surface area contributed by atoms with E-state index >= 15 is 0 Å². The SMILES string of the molecule is CC1=C(C(=O)Nc2ccccc2C(=O)N[C@@H]2CCC[C@H](C)[C@H]2C)SCCO1. The minimum Gasteiger partial charge on any atom is -0.496 e. The monoisotopic (exact) mass is 388 g/mol. The number of nitrogens with one attached hydrogen (secondary N) is 2. The Bertz CT molecular complexity index is 747. The number of hydrogen-bond acceptors (Lipinski definition) is 4. The third kappa shape index (κ3) is 4.67. The highest BCUT2D eigenvalue weighted by Gasteiger charge is 2.29. The number of allylic oxidation sites excluding steroid dienone is 1. The van der Waals surface area contributed by atoms with Gasteiger partial charge in [-0.05, 0) is 37.3 Å². The van der Waals surface area contributed by atoms with Crippen molar-refractivity contribution in [3.8, 4) is 0 Å². The van der Waals surface area contributed by atoms with Crippen LogP contribution in [0.15, 0.2) is 34.9 Å². The third-order valence-corrected chi connectivity index (χ3v) is 6.75. The van der Waals surface area contributed by atoms with Crippen LogP contribution in [0, 0.1) is 11.8 Å². The van der Waals surface area contributed by atoms with Gasteiger partial charge in [-0.1, -0.05) is 38.8 Å². The first-order valence-corrected chi connectivity index (χ1v) is 10.6. The van der Waals surface area contributed by atoms with Gasteiger partial charge in [0.05, 0.1) is 17.9 Å². The highest BCUT2D eigenvalue weighted by atomic mass is 32.2. The van der Waals surface area contributed by atoms with E-state index in [0.29, 0.717) is 40.4 Å². The molecule has 0 unspecified atom stereocenters. The fourth-order valence-corrected chi connectivity index (χ4v) is 4.55. The van der Waals surface area contributed by atoms with E-state index in [1.54, 1.807) is 19.1 Å². The van der Waals surface area contributed by atoms with Crippen LogP contribution >= 0.6 is 11.8 Å². The molecule has 3 atom stereocenters. The molecule has 0 saturated heterocycles. The molecular formula is C21H28N2O3S. The van der Waals surface area contributed by atoms with Crippen molar-refractivity contribution in [3.63, 3.8) is 0 Å². The molecule has 5 nitrogen and oxygen atoms in total. The maximum Gasteiger partial charge on any atom is 0.265 e. The number of hydrogen-bond donors (Lipinski definition) is 2. The van der Waals surface area contributed by atoms with Gasteiger partial charge in [-0.3, -0.25) is 9.59 Å². The lowest BCUT2D eigenvalue weighted by Gasteiger charge is -2.34. The van der Waals surface area contributed by atoms with E-state index in [2.05, 4.69) is 24.5 Å². The largest absolute Gasteiger partial charge is 0.496 e. The minimum absolute atomic E-state index is 0.130. The van der Waals surface area contributed by atoms with Crippen molar-refractivity contribution >= 4 is 29.3 Å². The quantitative estimate of drug-likeness (QED) is 0.812. The van der Waals surface area contributed by atoms with E-state index in [1.165, 1.54) is 18.2 Å². The second-order valence-electron chi connectivity index (χ2n) is 7.43. The maximum absolute atomic E-state index is 12.9. The van der Waals surface area contributed by atoms with Crippen molar-refractivity contribution in [2.45, 2.75) is 46.1 Å². The normalized spacial score (nSPS) is 25.5. The highest BCUT2D eigenvalue weighted by Crippen LogP contribution is 2.30. The first-order chi connectivity index (χ1) is 13.0. The maximum atomic E-state index is 12.9. The number of carbonyl (C=O) groups excluding carboxylic acids is 2. The molecule has 1 aromatic carbocycles. The molecule has 2 aliphatic rings. The predicted molar refractivity (Wildman–Crippen MR) is 110 cm³/mol. The van der Waals surface area contributed by atoms with Crippen molar-refractivity contribution in [2.75, 3.05) is 17.7 Å². The van der Waals surface area contributed by atoms with Crippen LogP contribution in [0.25, 0.3) is 0 Å². The van der Waals surface area contributed by atoms with Crippen molar-refractivity contribution in [1.29, 1.82) is 0 Å². The molecule has 0 bridgehead atoms. The van der Waals surface area contributed by atoms with Crippen LogP contribution < -0.4 is 10.6 Å². The van der Waals surface area contributed by atoms with E-state index in [4.69, 9.17) is 4.74 Å². The standard InChI is InChI=1S/C21H28N2O3S/c1-13-7-6-10-17(14(13)2)22-20(24)16-8-4-5-9-18(16)23-21(25)19-15(3)26-11-12-27-19/h4-5,8-9,13-14,17H,6-7,10-12H2,1-3H3,(H,22,24)(H,23,25)/t13-,14+,17+/m0/s1.